The van der Waals surface area contributed by atoms with Crippen molar-refractivity contribution >= 4 is 43.1 Å². The molecule has 0 saturated heterocycles. The second-order valence-corrected chi connectivity index (χ2v) is 14.5. The predicted octanol–water partition coefficient (Wildman–Crippen LogP) is 14.0. The molecule has 10 aromatic rings. The van der Waals surface area contributed by atoms with Crippen LogP contribution in [0, 0.1) is 0 Å². The molecule has 0 amide bonds. The Morgan fingerprint density at radius 1 is 0.226 bits per heavy atom. The first-order valence-electron chi connectivity index (χ1n) is 18.5. The second kappa shape index (κ2) is 11.6. The van der Waals surface area contributed by atoms with Gasteiger partial charge >= 0.3 is 0 Å². The fourth-order valence-corrected chi connectivity index (χ4v) is 9.11. The molecule has 0 saturated carbocycles. The van der Waals surface area contributed by atoms with Crippen LogP contribution < -0.4 is 0 Å². The Morgan fingerprint density at radius 2 is 0.642 bits per heavy atom. The molecule has 0 radical (unpaired) electrons. The molecular formula is C53H34. The molecule has 0 aliphatic heterocycles. The molecule has 1 aliphatic carbocycles. The Labute approximate surface area is 309 Å². The quantitative estimate of drug-likeness (QED) is 0.164. The van der Waals surface area contributed by atoms with E-state index in [1.165, 1.54) is 98.7 Å². The summed E-state index contributed by atoms with van der Waals surface area (Å²) in [5.74, 6) is 0. The van der Waals surface area contributed by atoms with Crippen molar-refractivity contribution in [1.82, 2.24) is 0 Å². The van der Waals surface area contributed by atoms with E-state index in [1.54, 1.807) is 0 Å². The van der Waals surface area contributed by atoms with Crippen LogP contribution >= 0.6 is 0 Å². The highest BCUT2D eigenvalue weighted by atomic mass is 14.5. The number of hydrogen-bond donors (Lipinski definition) is 0. The van der Waals surface area contributed by atoms with Crippen molar-refractivity contribution in [2.75, 3.05) is 0 Å². The molecule has 53 heavy (non-hydrogen) atoms. The Bertz CT molecular complexity index is 3010. The third kappa shape index (κ3) is 4.62. The van der Waals surface area contributed by atoms with Gasteiger partial charge in [-0.1, -0.05) is 164 Å². The third-order valence-corrected chi connectivity index (χ3v) is 11.6. The van der Waals surface area contributed by atoms with Crippen molar-refractivity contribution in [3.8, 4) is 33.4 Å². The predicted molar refractivity (Wildman–Crippen MR) is 225 cm³/mol. The van der Waals surface area contributed by atoms with Gasteiger partial charge in [-0.05, 0) is 141 Å². The molecule has 11 rings (SSSR count). The fraction of sp³-hybridized carbons (Fsp3) is 0.0189. The molecule has 0 nitrogen and oxygen atoms in total. The van der Waals surface area contributed by atoms with Crippen LogP contribution in [0.4, 0.5) is 0 Å². The lowest BCUT2D eigenvalue weighted by atomic mass is 9.67. The van der Waals surface area contributed by atoms with Gasteiger partial charge < -0.3 is 0 Å². The first-order chi connectivity index (χ1) is 26.2. The maximum Gasteiger partial charge on any atom is 0.0713 e. The lowest BCUT2D eigenvalue weighted by Crippen LogP contribution is -2.28. The summed E-state index contributed by atoms with van der Waals surface area (Å²) in [4.78, 5) is 0. The van der Waals surface area contributed by atoms with Gasteiger partial charge in [0.25, 0.3) is 0 Å². The van der Waals surface area contributed by atoms with Gasteiger partial charge in [0.15, 0.2) is 0 Å². The second-order valence-electron chi connectivity index (χ2n) is 14.5. The number of hydrogen-bond acceptors (Lipinski definition) is 0. The van der Waals surface area contributed by atoms with Gasteiger partial charge in [-0.25, -0.2) is 0 Å². The average molecular weight is 671 g/mol. The molecule has 0 spiro atoms. The van der Waals surface area contributed by atoms with Crippen LogP contribution in [0.2, 0.25) is 0 Å². The molecule has 246 valence electrons. The van der Waals surface area contributed by atoms with Gasteiger partial charge in [0.05, 0.1) is 5.41 Å². The Hall–Kier alpha value is -6.76. The lowest BCUT2D eigenvalue weighted by Gasteiger charge is -2.34. The minimum atomic E-state index is -0.475. The molecule has 0 aromatic heterocycles. The van der Waals surface area contributed by atoms with E-state index in [-0.39, 0.29) is 0 Å². The van der Waals surface area contributed by atoms with Gasteiger partial charge in [-0.15, -0.1) is 0 Å². The van der Waals surface area contributed by atoms with Crippen LogP contribution in [0.25, 0.3) is 76.5 Å². The fourth-order valence-electron chi connectivity index (χ4n) is 9.11. The number of benzene rings is 10. The maximum atomic E-state index is 2.43. The van der Waals surface area contributed by atoms with Crippen molar-refractivity contribution in [2.24, 2.45) is 0 Å². The van der Waals surface area contributed by atoms with Crippen molar-refractivity contribution < 1.29 is 0 Å². The summed E-state index contributed by atoms with van der Waals surface area (Å²) in [6.45, 7) is 0. The summed E-state index contributed by atoms with van der Waals surface area (Å²) in [6, 6.07) is 76.9. The highest BCUT2D eigenvalue weighted by Crippen LogP contribution is 2.56. The number of fused-ring (bicyclic) bond motifs is 7. The van der Waals surface area contributed by atoms with Crippen molar-refractivity contribution in [3.05, 3.63) is 229 Å². The summed E-state index contributed by atoms with van der Waals surface area (Å²) in [5, 5.41) is 10.1. The first-order valence-corrected chi connectivity index (χ1v) is 18.5. The van der Waals surface area contributed by atoms with E-state index in [0.29, 0.717) is 0 Å². The SMILES string of the molecule is c1cc(-c2ccc3cc4ccccc4cc3c2)cc(C2(c3ccc(-c4ccc5cc6ccccc6cc5c4)cc3)c3ccccc3-c3ccccc32)c1. The van der Waals surface area contributed by atoms with E-state index in [4.69, 9.17) is 0 Å². The van der Waals surface area contributed by atoms with Crippen LogP contribution in [0.3, 0.4) is 0 Å². The highest BCUT2D eigenvalue weighted by molar-refractivity contribution is 6.01. The van der Waals surface area contributed by atoms with Crippen molar-refractivity contribution in [3.63, 3.8) is 0 Å². The van der Waals surface area contributed by atoms with E-state index in [0.717, 1.165) is 0 Å². The first kappa shape index (κ1) is 29.9. The third-order valence-electron chi connectivity index (χ3n) is 11.6. The zero-order valence-electron chi connectivity index (χ0n) is 29.1. The topological polar surface area (TPSA) is 0 Å². The van der Waals surface area contributed by atoms with Crippen LogP contribution in [0.15, 0.2) is 206 Å². The molecule has 0 heterocycles. The van der Waals surface area contributed by atoms with Gasteiger partial charge in [0.1, 0.15) is 0 Å². The lowest BCUT2D eigenvalue weighted by molar-refractivity contribution is 0.769. The molecule has 0 unspecified atom stereocenters. The molecule has 0 atom stereocenters. The minimum absolute atomic E-state index is 0.475. The van der Waals surface area contributed by atoms with Crippen LogP contribution in [0.1, 0.15) is 22.3 Å². The van der Waals surface area contributed by atoms with Crippen LogP contribution in [0.5, 0.6) is 0 Å². The molecular weight excluding hydrogens is 637 g/mol. The number of rotatable bonds is 4. The van der Waals surface area contributed by atoms with E-state index < -0.39 is 5.41 Å². The minimum Gasteiger partial charge on any atom is -0.0619 e. The Kier molecular flexibility index (Phi) is 6.57. The zero-order valence-corrected chi connectivity index (χ0v) is 29.1. The average Bonchev–Trinajstić information content (AvgIpc) is 3.53. The summed E-state index contributed by atoms with van der Waals surface area (Å²) in [7, 11) is 0. The van der Waals surface area contributed by atoms with Crippen molar-refractivity contribution in [1.29, 1.82) is 0 Å². The van der Waals surface area contributed by atoms with Gasteiger partial charge in [0.2, 0.25) is 0 Å². The zero-order chi connectivity index (χ0) is 34.9. The van der Waals surface area contributed by atoms with E-state index in [1.807, 2.05) is 0 Å². The van der Waals surface area contributed by atoms with Gasteiger partial charge in [0, 0.05) is 0 Å². The summed E-state index contributed by atoms with van der Waals surface area (Å²) in [5.41, 5.74) is 12.2. The summed E-state index contributed by atoms with van der Waals surface area (Å²) >= 11 is 0. The molecule has 10 aromatic carbocycles. The molecule has 0 bridgehead atoms. The Morgan fingerprint density at radius 3 is 1.19 bits per heavy atom. The Balaban J connectivity index is 1.08. The van der Waals surface area contributed by atoms with Gasteiger partial charge in [-0.3, -0.25) is 0 Å². The monoisotopic (exact) mass is 670 g/mol. The normalized spacial score (nSPS) is 13.1. The largest absolute Gasteiger partial charge is 0.0713 e. The highest BCUT2D eigenvalue weighted by Gasteiger charge is 2.46. The van der Waals surface area contributed by atoms with Crippen LogP contribution in [-0.4, -0.2) is 0 Å². The summed E-state index contributed by atoms with van der Waals surface area (Å²) in [6.07, 6.45) is 0. The molecule has 0 fully saturated rings. The van der Waals surface area contributed by atoms with Crippen molar-refractivity contribution in [2.45, 2.75) is 5.41 Å². The summed E-state index contributed by atoms with van der Waals surface area (Å²) < 4.78 is 0. The smallest absolute Gasteiger partial charge is 0.0619 e. The van der Waals surface area contributed by atoms with E-state index in [2.05, 4.69) is 206 Å². The van der Waals surface area contributed by atoms with Gasteiger partial charge in [-0.2, -0.15) is 0 Å². The molecule has 1 aliphatic rings. The molecule has 0 N–H and O–H groups in total. The molecule has 0 heteroatoms. The van der Waals surface area contributed by atoms with E-state index in [9.17, 15) is 0 Å². The standard InChI is InChI=1S/C53H34/c1-3-12-38-30-45-32-41(20-22-43(45)28-36(38)10-1)35-24-26-47(27-25-35)53(51-18-7-5-16-49(51)50-17-6-8-19-52(50)53)48-15-9-14-40(34-48)42-21-23-44-29-37-11-2-4-13-39(37)31-46(44)33-42/h1-34H. The van der Waals surface area contributed by atoms with E-state index >= 15 is 0 Å². The maximum absolute atomic E-state index is 2.43. The van der Waals surface area contributed by atoms with Crippen LogP contribution in [-0.2, 0) is 5.41 Å².